The van der Waals surface area contributed by atoms with Crippen molar-refractivity contribution < 1.29 is 3.07 Å². The zero-order valence-corrected chi connectivity index (χ0v) is 9.13. The van der Waals surface area contributed by atoms with Crippen molar-refractivity contribution in [3.63, 3.8) is 0 Å². The van der Waals surface area contributed by atoms with Crippen LogP contribution in [0.3, 0.4) is 0 Å². The number of hydrogen-bond acceptors (Lipinski definition) is 2. The fourth-order valence-corrected chi connectivity index (χ4v) is 2.22. The second-order valence-electron chi connectivity index (χ2n) is 3.28. The summed E-state index contributed by atoms with van der Waals surface area (Å²) in [7, 11) is 2.06. The molecular formula is C8H16INO. The van der Waals surface area contributed by atoms with E-state index in [9.17, 15) is 0 Å². The highest BCUT2D eigenvalue weighted by atomic mass is 127. The molecule has 1 rings (SSSR count). The van der Waals surface area contributed by atoms with Gasteiger partial charge in [-0.15, -0.1) is 0 Å². The summed E-state index contributed by atoms with van der Waals surface area (Å²) in [6.07, 6.45) is 5.30. The van der Waals surface area contributed by atoms with E-state index in [4.69, 9.17) is 3.07 Å². The molecule has 0 spiro atoms. The molecule has 0 aromatic carbocycles. The van der Waals surface area contributed by atoms with Crippen LogP contribution in [0.4, 0.5) is 0 Å². The van der Waals surface area contributed by atoms with Gasteiger partial charge in [0.2, 0.25) is 0 Å². The highest BCUT2D eigenvalue weighted by molar-refractivity contribution is 14.1. The minimum Gasteiger partial charge on any atom is -0.317 e. The molecule has 11 heavy (non-hydrogen) atoms. The standard InChI is InChI=1S/C8H16INO/c1-10-8-4-2-7(3-5-8)6-11-9/h7-8,10H,2-6H2,1H3/t7-,8-. The fraction of sp³-hybridized carbons (Fsp3) is 1.00. The molecule has 1 aliphatic rings. The van der Waals surface area contributed by atoms with Gasteiger partial charge in [0.05, 0.1) is 6.61 Å². The SMILES string of the molecule is CN[C@H]1CC[C@H](COI)CC1. The highest BCUT2D eigenvalue weighted by Crippen LogP contribution is 2.24. The van der Waals surface area contributed by atoms with E-state index in [0.29, 0.717) is 0 Å². The largest absolute Gasteiger partial charge is 0.317 e. The van der Waals surface area contributed by atoms with E-state index in [1.54, 1.807) is 0 Å². The summed E-state index contributed by atoms with van der Waals surface area (Å²) in [4.78, 5) is 0. The molecule has 0 bridgehead atoms. The van der Waals surface area contributed by atoms with E-state index in [2.05, 4.69) is 12.4 Å². The van der Waals surface area contributed by atoms with Crippen LogP contribution in [0.25, 0.3) is 0 Å². The molecule has 0 aliphatic heterocycles. The normalized spacial score (nSPS) is 32.2. The summed E-state index contributed by atoms with van der Waals surface area (Å²) in [6, 6.07) is 0.764. The van der Waals surface area contributed by atoms with Crippen LogP contribution in [0.1, 0.15) is 25.7 Å². The molecule has 0 radical (unpaired) electrons. The maximum absolute atomic E-state index is 5.10. The lowest BCUT2D eigenvalue weighted by atomic mass is 9.87. The van der Waals surface area contributed by atoms with Crippen molar-refractivity contribution >= 4 is 23.0 Å². The Morgan fingerprint density at radius 3 is 2.45 bits per heavy atom. The molecule has 0 amide bonds. The lowest BCUT2D eigenvalue weighted by Gasteiger charge is -2.27. The topological polar surface area (TPSA) is 21.3 Å². The van der Waals surface area contributed by atoms with E-state index >= 15 is 0 Å². The van der Waals surface area contributed by atoms with E-state index in [1.165, 1.54) is 25.7 Å². The Morgan fingerprint density at radius 1 is 1.36 bits per heavy atom. The van der Waals surface area contributed by atoms with Gasteiger partial charge in [-0.05, 0) is 38.6 Å². The van der Waals surface area contributed by atoms with Crippen molar-refractivity contribution in [2.75, 3.05) is 13.7 Å². The van der Waals surface area contributed by atoms with Crippen LogP contribution >= 0.6 is 23.0 Å². The van der Waals surface area contributed by atoms with Gasteiger partial charge < -0.3 is 8.38 Å². The molecule has 3 heteroatoms. The van der Waals surface area contributed by atoms with Crippen molar-refractivity contribution in [1.29, 1.82) is 0 Å². The quantitative estimate of drug-likeness (QED) is 0.792. The summed E-state index contributed by atoms with van der Waals surface area (Å²) in [5.74, 6) is 0.816. The second-order valence-corrected chi connectivity index (χ2v) is 3.90. The van der Waals surface area contributed by atoms with E-state index in [-0.39, 0.29) is 0 Å². The Morgan fingerprint density at radius 2 is 2.00 bits per heavy atom. The molecular weight excluding hydrogens is 253 g/mol. The Labute approximate surface area is 82.8 Å². The summed E-state index contributed by atoms with van der Waals surface area (Å²) >= 11 is 1.99. The third-order valence-electron chi connectivity index (χ3n) is 2.55. The summed E-state index contributed by atoms with van der Waals surface area (Å²) in [5.41, 5.74) is 0. The predicted octanol–water partition coefficient (Wildman–Crippen LogP) is 2.13. The van der Waals surface area contributed by atoms with Gasteiger partial charge in [-0.1, -0.05) is 0 Å². The maximum atomic E-state index is 5.10. The van der Waals surface area contributed by atoms with Crippen LogP contribution in [0.15, 0.2) is 0 Å². The molecule has 0 saturated heterocycles. The van der Waals surface area contributed by atoms with Gasteiger partial charge in [0.1, 0.15) is 23.0 Å². The Bertz CT molecular complexity index is 102. The molecule has 0 atom stereocenters. The highest BCUT2D eigenvalue weighted by Gasteiger charge is 2.19. The molecule has 0 heterocycles. The average molecular weight is 269 g/mol. The zero-order valence-electron chi connectivity index (χ0n) is 6.98. The average Bonchev–Trinajstić information content (AvgIpc) is 2.07. The smallest absolute Gasteiger partial charge is 0.109 e. The van der Waals surface area contributed by atoms with Gasteiger partial charge in [-0.2, -0.15) is 0 Å². The van der Waals surface area contributed by atoms with Crippen LogP contribution in [0.2, 0.25) is 0 Å². The summed E-state index contributed by atoms with van der Waals surface area (Å²) in [5, 5.41) is 3.32. The number of hydrogen-bond donors (Lipinski definition) is 1. The van der Waals surface area contributed by atoms with Crippen molar-refractivity contribution in [3.8, 4) is 0 Å². The monoisotopic (exact) mass is 269 g/mol. The maximum Gasteiger partial charge on any atom is 0.109 e. The first-order valence-corrected chi connectivity index (χ1v) is 5.15. The minimum absolute atomic E-state index is 0.764. The van der Waals surface area contributed by atoms with Crippen LogP contribution in [-0.4, -0.2) is 19.7 Å². The van der Waals surface area contributed by atoms with Gasteiger partial charge in [-0.25, -0.2) is 0 Å². The second kappa shape index (κ2) is 5.32. The lowest BCUT2D eigenvalue weighted by Crippen LogP contribution is -2.31. The van der Waals surface area contributed by atoms with Gasteiger partial charge in [0.15, 0.2) is 0 Å². The number of nitrogens with one attached hydrogen (secondary N) is 1. The Balaban J connectivity index is 2.14. The van der Waals surface area contributed by atoms with Crippen LogP contribution in [0.5, 0.6) is 0 Å². The molecule has 1 fully saturated rings. The molecule has 0 aromatic rings. The van der Waals surface area contributed by atoms with Gasteiger partial charge in [-0.3, -0.25) is 0 Å². The van der Waals surface area contributed by atoms with Crippen LogP contribution < -0.4 is 5.32 Å². The Hall–Kier alpha value is 0.650. The zero-order chi connectivity index (χ0) is 8.10. The summed E-state index contributed by atoms with van der Waals surface area (Å²) in [6.45, 7) is 0.941. The van der Waals surface area contributed by atoms with Crippen molar-refractivity contribution in [2.45, 2.75) is 31.7 Å². The molecule has 1 saturated carbocycles. The molecule has 0 aromatic heterocycles. The molecule has 1 aliphatic carbocycles. The lowest BCUT2D eigenvalue weighted by molar-refractivity contribution is 0.232. The van der Waals surface area contributed by atoms with E-state index in [0.717, 1.165) is 18.6 Å². The van der Waals surface area contributed by atoms with E-state index in [1.807, 2.05) is 23.0 Å². The molecule has 1 N–H and O–H groups in total. The number of rotatable bonds is 3. The number of halogens is 1. The van der Waals surface area contributed by atoms with Crippen LogP contribution in [-0.2, 0) is 3.07 Å². The molecule has 66 valence electrons. The fourth-order valence-electron chi connectivity index (χ4n) is 1.71. The first kappa shape index (κ1) is 9.74. The molecule has 0 unspecified atom stereocenters. The first-order valence-electron chi connectivity index (χ1n) is 4.27. The third-order valence-corrected chi connectivity index (χ3v) is 2.91. The van der Waals surface area contributed by atoms with Crippen LogP contribution in [0, 0.1) is 5.92 Å². The van der Waals surface area contributed by atoms with Gasteiger partial charge >= 0.3 is 0 Å². The van der Waals surface area contributed by atoms with Gasteiger partial charge in [0, 0.05) is 6.04 Å². The third kappa shape index (κ3) is 3.25. The first-order chi connectivity index (χ1) is 5.36. The summed E-state index contributed by atoms with van der Waals surface area (Å²) < 4.78 is 5.10. The van der Waals surface area contributed by atoms with Crippen molar-refractivity contribution in [2.24, 2.45) is 5.92 Å². The Kier molecular flexibility index (Phi) is 4.71. The van der Waals surface area contributed by atoms with Crippen molar-refractivity contribution in [3.05, 3.63) is 0 Å². The van der Waals surface area contributed by atoms with Gasteiger partial charge in [0.25, 0.3) is 0 Å². The van der Waals surface area contributed by atoms with Crippen molar-refractivity contribution in [1.82, 2.24) is 5.32 Å². The predicted molar refractivity (Wildman–Crippen MR) is 54.8 cm³/mol. The molecule has 2 nitrogen and oxygen atoms in total. The van der Waals surface area contributed by atoms with E-state index < -0.39 is 0 Å². The minimum atomic E-state index is 0.764.